The van der Waals surface area contributed by atoms with Crippen LogP contribution in [0.5, 0.6) is 0 Å². The van der Waals surface area contributed by atoms with Crippen molar-refractivity contribution >= 4 is 0 Å². The van der Waals surface area contributed by atoms with E-state index in [1.807, 2.05) is 0 Å². The molecule has 15 heavy (non-hydrogen) atoms. The third-order valence-electron chi connectivity index (χ3n) is 2.48. The molecule has 2 rings (SSSR count). The molecule has 0 aliphatic heterocycles. The summed E-state index contributed by atoms with van der Waals surface area (Å²) in [6.07, 6.45) is 0. The molecule has 0 heterocycles. The summed E-state index contributed by atoms with van der Waals surface area (Å²) in [6.45, 7) is -2.71. The lowest BCUT2D eigenvalue weighted by Gasteiger charge is -2.08. The highest BCUT2D eigenvalue weighted by molar-refractivity contribution is 5.68. The lowest BCUT2D eigenvalue weighted by molar-refractivity contribution is 1.33. The fourth-order valence-corrected chi connectivity index (χ4v) is 1.52. The first-order valence-corrected chi connectivity index (χ1v) is 4.82. The monoisotopic (exact) mass is 202 g/mol. The highest BCUT2D eigenvalue weighted by atomic mass is 14.1. The van der Waals surface area contributed by atoms with Gasteiger partial charge in [-0.15, -0.1) is 0 Å². The lowest BCUT2D eigenvalue weighted by atomic mass is 9.97. The van der Waals surface area contributed by atoms with Gasteiger partial charge in [-0.25, -0.2) is 0 Å². The van der Waals surface area contributed by atoms with Crippen LogP contribution in [0.3, 0.4) is 0 Å². The Kier molecular flexibility index (Phi) is 1.29. The summed E-state index contributed by atoms with van der Waals surface area (Å²) in [4.78, 5) is 0. The van der Waals surface area contributed by atoms with E-state index in [9.17, 15) is 0 Å². The quantitative estimate of drug-likeness (QED) is 0.647. The molecule has 0 aliphatic carbocycles. The highest BCUT2D eigenvalue weighted by Crippen LogP contribution is 2.24. The molecule has 0 N–H and O–H groups in total. The normalized spacial score (nSPS) is 17.9. The molecule has 0 saturated heterocycles. The van der Waals surface area contributed by atoms with Gasteiger partial charge in [0.25, 0.3) is 0 Å². The molecule has 0 atom stereocenters. The molecule has 0 heteroatoms. The molecule has 0 unspecified atom stereocenters. The van der Waals surface area contributed by atoms with E-state index in [0.29, 0.717) is 16.7 Å². The standard InChI is InChI=1S/C15H16/c1-11-8-9-14(10-13(11)3)15-7-5-4-6-12(15)2/h4-10H,1-3H3/i2D3,3D3. The Bertz CT molecular complexity index is 652. The number of hydrogen-bond donors (Lipinski definition) is 0. The van der Waals surface area contributed by atoms with E-state index in [1.54, 1.807) is 49.4 Å². The van der Waals surface area contributed by atoms with Gasteiger partial charge in [0.1, 0.15) is 0 Å². The molecule has 0 fully saturated rings. The number of benzene rings is 2. The van der Waals surface area contributed by atoms with E-state index < -0.39 is 13.7 Å². The summed E-state index contributed by atoms with van der Waals surface area (Å²) < 4.78 is 45.5. The number of hydrogen-bond acceptors (Lipinski definition) is 0. The minimum atomic E-state index is -2.23. The lowest BCUT2D eigenvalue weighted by Crippen LogP contribution is -1.85. The average molecular weight is 202 g/mol. The van der Waals surface area contributed by atoms with Crippen molar-refractivity contribution < 1.29 is 8.22 Å². The Morgan fingerprint density at radius 3 is 2.47 bits per heavy atom. The van der Waals surface area contributed by atoms with E-state index in [2.05, 4.69) is 0 Å². The summed E-state index contributed by atoms with van der Waals surface area (Å²) in [6, 6.07) is 11.7. The van der Waals surface area contributed by atoms with Gasteiger partial charge in [0.2, 0.25) is 0 Å². The Balaban J connectivity index is 2.64. The van der Waals surface area contributed by atoms with Crippen LogP contribution in [0.2, 0.25) is 0 Å². The van der Waals surface area contributed by atoms with Crippen molar-refractivity contribution in [1.82, 2.24) is 0 Å². The van der Waals surface area contributed by atoms with E-state index >= 15 is 0 Å². The van der Waals surface area contributed by atoms with Crippen LogP contribution in [0.4, 0.5) is 0 Å². The first-order valence-electron chi connectivity index (χ1n) is 7.82. The minimum Gasteiger partial charge on any atom is -0.0620 e. The van der Waals surface area contributed by atoms with E-state index in [0.717, 1.165) is 0 Å². The van der Waals surface area contributed by atoms with Crippen LogP contribution < -0.4 is 0 Å². The number of rotatable bonds is 1. The molecular formula is C15H16. The summed E-state index contributed by atoms with van der Waals surface area (Å²) in [7, 11) is 0. The van der Waals surface area contributed by atoms with Gasteiger partial charge in [-0.3, -0.25) is 0 Å². The van der Waals surface area contributed by atoms with Crippen LogP contribution >= 0.6 is 0 Å². The Morgan fingerprint density at radius 2 is 1.67 bits per heavy atom. The third kappa shape index (κ3) is 1.94. The van der Waals surface area contributed by atoms with E-state index in [1.165, 1.54) is 0 Å². The molecule has 0 radical (unpaired) electrons. The zero-order chi connectivity index (χ0) is 15.8. The third-order valence-corrected chi connectivity index (χ3v) is 2.48. The topological polar surface area (TPSA) is 0 Å². The highest BCUT2D eigenvalue weighted by Gasteiger charge is 2.01. The maximum absolute atomic E-state index is 7.60. The maximum Gasteiger partial charge on any atom is 0.0280 e. The summed E-state index contributed by atoms with van der Waals surface area (Å²) >= 11 is 0. The number of aryl methyl sites for hydroxylation is 3. The van der Waals surface area contributed by atoms with Crippen LogP contribution in [0, 0.1) is 20.6 Å². The van der Waals surface area contributed by atoms with Gasteiger partial charge in [0.05, 0.1) is 0 Å². The molecular weight excluding hydrogens is 180 g/mol. The van der Waals surface area contributed by atoms with Gasteiger partial charge in [0.15, 0.2) is 0 Å². The first-order chi connectivity index (χ1) is 9.60. The van der Waals surface area contributed by atoms with Crippen molar-refractivity contribution in [2.75, 3.05) is 0 Å². The zero-order valence-corrected chi connectivity index (χ0v) is 8.54. The van der Waals surface area contributed by atoms with Crippen molar-refractivity contribution in [2.45, 2.75) is 20.6 Å². The molecule has 0 amide bonds. The van der Waals surface area contributed by atoms with Crippen molar-refractivity contribution in [3.05, 3.63) is 59.2 Å². The Hall–Kier alpha value is -1.56. The molecule has 0 nitrogen and oxygen atoms in total. The van der Waals surface area contributed by atoms with Crippen molar-refractivity contribution in [3.8, 4) is 11.1 Å². The van der Waals surface area contributed by atoms with Gasteiger partial charge in [-0.05, 0) is 48.4 Å². The minimum absolute atomic E-state index is 0.227. The second-order valence-electron chi connectivity index (χ2n) is 3.58. The molecule has 0 aliphatic rings. The van der Waals surface area contributed by atoms with Gasteiger partial charge < -0.3 is 0 Å². The van der Waals surface area contributed by atoms with Gasteiger partial charge >= 0.3 is 0 Å². The predicted octanol–water partition coefficient (Wildman–Crippen LogP) is 4.28. The summed E-state index contributed by atoms with van der Waals surface area (Å²) in [5.41, 5.74) is 2.30. The first kappa shape index (κ1) is 4.98. The molecule has 0 spiro atoms. The molecule has 0 bridgehead atoms. The molecule has 2 aromatic rings. The summed E-state index contributed by atoms with van der Waals surface area (Å²) in [5, 5.41) is 0. The van der Waals surface area contributed by atoms with Gasteiger partial charge in [0, 0.05) is 8.22 Å². The van der Waals surface area contributed by atoms with Crippen LogP contribution in [-0.4, -0.2) is 0 Å². The van der Waals surface area contributed by atoms with Crippen LogP contribution in [-0.2, 0) is 0 Å². The van der Waals surface area contributed by atoms with Crippen molar-refractivity contribution in [2.24, 2.45) is 0 Å². The van der Waals surface area contributed by atoms with E-state index in [4.69, 9.17) is 8.22 Å². The van der Waals surface area contributed by atoms with Gasteiger partial charge in [-0.1, -0.05) is 42.5 Å². The fourth-order valence-electron chi connectivity index (χ4n) is 1.52. The Morgan fingerprint density at radius 1 is 0.867 bits per heavy atom. The molecule has 0 aromatic heterocycles. The predicted molar refractivity (Wildman–Crippen MR) is 66.1 cm³/mol. The van der Waals surface area contributed by atoms with Crippen molar-refractivity contribution in [1.29, 1.82) is 0 Å². The summed E-state index contributed by atoms with van der Waals surface area (Å²) in [5.74, 6) is 0. The second-order valence-corrected chi connectivity index (χ2v) is 3.58. The second kappa shape index (κ2) is 3.90. The van der Waals surface area contributed by atoms with Crippen LogP contribution in [0.15, 0.2) is 42.5 Å². The molecule has 76 valence electrons. The average Bonchev–Trinajstić information content (AvgIpc) is 2.37. The fraction of sp³-hybridized carbons (Fsp3) is 0.200. The van der Waals surface area contributed by atoms with Crippen LogP contribution in [0.1, 0.15) is 24.9 Å². The molecule has 2 aromatic carbocycles. The van der Waals surface area contributed by atoms with E-state index in [-0.39, 0.29) is 11.1 Å². The van der Waals surface area contributed by atoms with Crippen molar-refractivity contribution in [3.63, 3.8) is 0 Å². The zero-order valence-electron chi connectivity index (χ0n) is 14.5. The smallest absolute Gasteiger partial charge is 0.0280 e. The van der Waals surface area contributed by atoms with Crippen LogP contribution in [0.25, 0.3) is 11.1 Å². The maximum atomic E-state index is 7.60. The van der Waals surface area contributed by atoms with Gasteiger partial charge in [-0.2, -0.15) is 0 Å². The molecule has 0 saturated carbocycles. The SMILES string of the molecule is [2H]C([2H])([2H])c1cc(-c2ccccc2C([2H])([2H])[2H])ccc1C. The largest absolute Gasteiger partial charge is 0.0620 e. The Labute approximate surface area is 100 Å².